The van der Waals surface area contributed by atoms with Gasteiger partial charge in [-0.1, -0.05) is 39.2 Å². The average Bonchev–Trinajstić information content (AvgIpc) is 2.43. The molecule has 1 rings (SSSR count). The minimum atomic E-state index is -0.297. The van der Waals surface area contributed by atoms with Gasteiger partial charge >= 0.3 is 0 Å². The lowest BCUT2D eigenvalue weighted by Gasteiger charge is -2.19. The Hall–Kier alpha value is -1.09. The molecule has 0 heterocycles. The van der Waals surface area contributed by atoms with E-state index in [2.05, 4.69) is 19.2 Å². The summed E-state index contributed by atoms with van der Waals surface area (Å²) in [5.74, 6) is 0.0327. The van der Waals surface area contributed by atoms with Crippen LogP contribution in [0.5, 0.6) is 5.75 Å². The van der Waals surface area contributed by atoms with Gasteiger partial charge in [-0.05, 0) is 37.1 Å². The molecule has 3 heteroatoms. The molecule has 1 unspecified atom stereocenters. The fourth-order valence-electron chi connectivity index (χ4n) is 2.20. The topological polar surface area (TPSA) is 21.3 Å². The summed E-state index contributed by atoms with van der Waals surface area (Å²) in [6.07, 6.45) is 5.83. The summed E-state index contributed by atoms with van der Waals surface area (Å²) in [4.78, 5) is 0. The molecular formula is C16H26FNO. The Kier molecular flexibility index (Phi) is 7.49. The summed E-state index contributed by atoms with van der Waals surface area (Å²) < 4.78 is 18.5. The number of hydrogen-bond donors (Lipinski definition) is 1. The van der Waals surface area contributed by atoms with Crippen LogP contribution in [-0.2, 0) is 0 Å². The Bertz CT molecular complexity index is 368. The van der Waals surface area contributed by atoms with Crippen LogP contribution < -0.4 is 10.1 Å². The lowest BCUT2D eigenvalue weighted by molar-refractivity contribution is 0.383. The summed E-state index contributed by atoms with van der Waals surface area (Å²) in [5.41, 5.74) is 1.11. The number of methoxy groups -OCH3 is 1. The number of hydrogen-bond acceptors (Lipinski definition) is 2. The van der Waals surface area contributed by atoms with Gasteiger partial charge in [0, 0.05) is 6.04 Å². The second-order valence-electron chi connectivity index (χ2n) is 4.90. The van der Waals surface area contributed by atoms with Gasteiger partial charge in [0.1, 0.15) is 0 Å². The number of unbranched alkanes of at least 4 members (excludes halogenated alkanes) is 2. The van der Waals surface area contributed by atoms with Crippen LogP contribution in [0.1, 0.15) is 57.6 Å². The first kappa shape index (κ1) is 16.0. The third kappa shape index (κ3) is 5.19. The van der Waals surface area contributed by atoms with Crippen LogP contribution in [0, 0.1) is 5.82 Å². The Morgan fingerprint density at radius 3 is 2.63 bits per heavy atom. The summed E-state index contributed by atoms with van der Waals surface area (Å²) in [7, 11) is 1.51. The maximum atomic E-state index is 13.4. The van der Waals surface area contributed by atoms with E-state index in [0.717, 1.165) is 24.9 Å². The molecule has 1 atom stereocenters. The van der Waals surface area contributed by atoms with E-state index in [1.54, 1.807) is 0 Å². The van der Waals surface area contributed by atoms with Gasteiger partial charge in [-0.25, -0.2) is 4.39 Å². The molecule has 0 aliphatic heterocycles. The molecule has 2 nitrogen and oxygen atoms in total. The first-order valence-corrected chi connectivity index (χ1v) is 7.29. The average molecular weight is 267 g/mol. The zero-order valence-electron chi connectivity index (χ0n) is 12.3. The van der Waals surface area contributed by atoms with Gasteiger partial charge in [-0.2, -0.15) is 0 Å². The number of ether oxygens (including phenoxy) is 1. The Morgan fingerprint density at radius 2 is 2.00 bits per heavy atom. The predicted octanol–water partition coefficient (Wildman–Crippen LogP) is 4.46. The van der Waals surface area contributed by atoms with Crippen LogP contribution in [0.25, 0.3) is 0 Å². The summed E-state index contributed by atoms with van der Waals surface area (Å²) >= 11 is 0. The normalized spacial score (nSPS) is 12.4. The fourth-order valence-corrected chi connectivity index (χ4v) is 2.20. The fraction of sp³-hybridized carbons (Fsp3) is 0.625. The first-order chi connectivity index (χ1) is 9.22. The van der Waals surface area contributed by atoms with Crippen molar-refractivity contribution in [2.75, 3.05) is 13.7 Å². The second kappa shape index (κ2) is 8.92. The highest BCUT2D eigenvalue weighted by atomic mass is 19.1. The highest BCUT2D eigenvalue weighted by molar-refractivity contribution is 5.32. The molecule has 0 radical (unpaired) electrons. The molecule has 1 aromatic rings. The number of rotatable bonds is 9. The summed E-state index contributed by atoms with van der Waals surface area (Å²) in [5, 5.41) is 3.54. The third-order valence-corrected chi connectivity index (χ3v) is 3.31. The van der Waals surface area contributed by atoms with Gasteiger partial charge in [0.25, 0.3) is 0 Å². The van der Waals surface area contributed by atoms with E-state index < -0.39 is 0 Å². The van der Waals surface area contributed by atoms with Crippen molar-refractivity contribution in [3.8, 4) is 5.75 Å². The molecule has 19 heavy (non-hydrogen) atoms. The lowest BCUT2D eigenvalue weighted by atomic mass is 10.00. The smallest absolute Gasteiger partial charge is 0.165 e. The number of halogens is 1. The van der Waals surface area contributed by atoms with Crippen LogP contribution in [0.15, 0.2) is 18.2 Å². The molecule has 1 aromatic carbocycles. The zero-order chi connectivity index (χ0) is 14.1. The minimum Gasteiger partial charge on any atom is -0.494 e. The van der Waals surface area contributed by atoms with Crippen LogP contribution >= 0.6 is 0 Å². The maximum absolute atomic E-state index is 13.4. The molecule has 0 aliphatic rings. The second-order valence-corrected chi connectivity index (χ2v) is 4.90. The Labute approximate surface area is 116 Å². The molecule has 1 N–H and O–H groups in total. The first-order valence-electron chi connectivity index (χ1n) is 7.29. The Morgan fingerprint density at radius 1 is 1.21 bits per heavy atom. The zero-order valence-corrected chi connectivity index (χ0v) is 12.3. The molecule has 0 saturated carbocycles. The molecule has 0 bridgehead atoms. The van der Waals surface area contributed by atoms with E-state index in [0.29, 0.717) is 11.8 Å². The van der Waals surface area contributed by atoms with Crippen molar-refractivity contribution in [1.82, 2.24) is 5.32 Å². The summed E-state index contributed by atoms with van der Waals surface area (Å²) in [6, 6.07) is 5.46. The van der Waals surface area contributed by atoms with E-state index >= 15 is 0 Å². The summed E-state index contributed by atoms with van der Waals surface area (Å²) in [6.45, 7) is 5.34. The number of benzene rings is 1. The molecule has 108 valence electrons. The molecule has 0 amide bonds. The van der Waals surface area contributed by atoms with Crippen molar-refractivity contribution in [1.29, 1.82) is 0 Å². The van der Waals surface area contributed by atoms with E-state index in [4.69, 9.17) is 4.74 Å². The monoisotopic (exact) mass is 267 g/mol. The van der Waals surface area contributed by atoms with Crippen molar-refractivity contribution < 1.29 is 9.13 Å². The van der Waals surface area contributed by atoms with Crippen LogP contribution in [0.4, 0.5) is 4.39 Å². The van der Waals surface area contributed by atoms with E-state index in [1.165, 1.54) is 32.4 Å². The minimum absolute atomic E-state index is 0.293. The van der Waals surface area contributed by atoms with Crippen molar-refractivity contribution >= 4 is 0 Å². The third-order valence-electron chi connectivity index (χ3n) is 3.31. The van der Waals surface area contributed by atoms with Crippen LogP contribution in [-0.4, -0.2) is 13.7 Å². The van der Waals surface area contributed by atoms with Gasteiger partial charge in [0.2, 0.25) is 0 Å². The quantitative estimate of drug-likeness (QED) is 0.667. The lowest BCUT2D eigenvalue weighted by Crippen LogP contribution is -2.22. The van der Waals surface area contributed by atoms with Crippen molar-refractivity contribution in [3.05, 3.63) is 29.6 Å². The number of nitrogens with one attached hydrogen (secondary N) is 1. The van der Waals surface area contributed by atoms with E-state index in [1.807, 2.05) is 12.1 Å². The molecule has 0 aliphatic carbocycles. The van der Waals surface area contributed by atoms with Gasteiger partial charge in [-0.3, -0.25) is 0 Å². The molecular weight excluding hydrogens is 241 g/mol. The van der Waals surface area contributed by atoms with Gasteiger partial charge < -0.3 is 10.1 Å². The van der Waals surface area contributed by atoms with Gasteiger partial charge in [0.15, 0.2) is 11.6 Å². The SMILES string of the molecule is CCCCCC(NCCC)c1ccc(F)c(OC)c1. The van der Waals surface area contributed by atoms with Crippen molar-refractivity contribution in [3.63, 3.8) is 0 Å². The maximum Gasteiger partial charge on any atom is 0.165 e. The van der Waals surface area contributed by atoms with E-state index in [-0.39, 0.29) is 5.82 Å². The predicted molar refractivity (Wildman–Crippen MR) is 78.1 cm³/mol. The highest BCUT2D eigenvalue weighted by Crippen LogP contribution is 2.26. The largest absolute Gasteiger partial charge is 0.494 e. The van der Waals surface area contributed by atoms with Crippen LogP contribution in [0.2, 0.25) is 0 Å². The highest BCUT2D eigenvalue weighted by Gasteiger charge is 2.13. The Balaban J connectivity index is 2.76. The van der Waals surface area contributed by atoms with Crippen molar-refractivity contribution in [2.45, 2.75) is 52.0 Å². The van der Waals surface area contributed by atoms with E-state index in [9.17, 15) is 4.39 Å². The molecule has 0 aromatic heterocycles. The molecule has 0 spiro atoms. The standard InChI is InChI=1S/C16H26FNO/c1-4-6-7-8-15(18-11-5-2)13-9-10-14(17)16(12-13)19-3/h9-10,12,15,18H,4-8,11H2,1-3H3. The molecule has 0 fully saturated rings. The van der Waals surface area contributed by atoms with Crippen molar-refractivity contribution in [2.24, 2.45) is 0 Å². The van der Waals surface area contributed by atoms with Crippen LogP contribution in [0.3, 0.4) is 0 Å². The van der Waals surface area contributed by atoms with Gasteiger partial charge in [-0.15, -0.1) is 0 Å². The molecule has 0 saturated heterocycles. The van der Waals surface area contributed by atoms with Gasteiger partial charge in [0.05, 0.1) is 7.11 Å².